The minimum absolute atomic E-state index is 0.260. The zero-order valence-electron chi connectivity index (χ0n) is 11.4. The highest BCUT2D eigenvalue weighted by Crippen LogP contribution is 2.26. The molecule has 1 unspecified atom stereocenters. The van der Waals surface area contributed by atoms with Crippen molar-refractivity contribution in [3.63, 3.8) is 0 Å². The molecule has 2 atom stereocenters. The van der Waals surface area contributed by atoms with Gasteiger partial charge in [-0.1, -0.05) is 19.3 Å². The number of aliphatic hydroxyl groups is 1. The predicted molar refractivity (Wildman–Crippen MR) is 75.5 cm³/mol. The Labute approximate surface area is 118 Å². The van der Waals surface area contributed by atoms with E-state index in [9.17, 15) is 5.11 Å². The van der Waals surface area contributed by atoms with Crippen LogP contribution >= 0.6 is 11.7 Å². The molecule has 0 saturated heterocycles. The van der Waals surface area contributed by atoms with Gasteiger partial charge in [0.2, 0.25) is 5.88 Å². The lowest BCUT2D eigenvalue weighted by Crippen LogP contribution is -2.40. The van der Waals surface area contributed by atoms with Crippen LogP contribution < -0.4 is 10.1 Å². The smallest absolute Gasteiger partial charge is 0.245 e. The molecule has 108 valence electrons. The molecule has 1 aromatic heterocycles. The lowest BCUT2D eigenvalue weighted by Gasteiger charge is -2.29. The van der Waals surface area contributed by atoms with Gasteiger partial charge in [0.15, 0.2) is 0 Å². The molecule has 1 fully saturated rings. The van der Waals surface area contributed by atoms with E-state index in [1.165, 1.54) is 32.1 Å². The fourth-order valence-corrected chi connectivity index (χ4v) is 2.95. The van der Waals surface area contributed by atoms with Crippen LogP contribution in [0.25, 0.3) is 0 Å². The number of nitrogens with zero attached hydrogens (tertiary/aromatic N) is 2. The number of nitrogens with one attached hydrogen (secondary N) is 1. The maximum atomic E-state index is 9.86. The molecule has 2 rings (SSSR count). The van der Waals surface area contributed by atoms with Gasteiger partial charge in [-0.3, -0.25) is 0 Å². The van der Waals surface area contributed by atoms with Crippen molar-refractivity contribution in [2.75, 3.05) is 13.2 Å². The third kappa shape index (κ3) is 5.04. The number of rotatable bonds is 7. The zero-order chi connectivity index (χ0) is 13.5. The fraction of sp³-hybridized carbons (Fsp3) is 0.846. The summed E-state index contributed by atoms with van der Waals surface area (Å²) in [4.78, 5) is 0. The lowest BCUT2D eigenvalue weighted by atomic mass is 9.84. The maximum Gasteiger partial charge on any atom is 0.245 e. The Morgan fingerprint density at radius 3 is 2.95 bits per heavy atom. The topological polar surface area (TPSA) is 67.3 Å². The average Bonchev–Trinajstić information content (AvgIpc) is 2.96. The summed E-state index contributed by atoms with van der Waals surface area (Å²) in [5.74, 6) is 1.24. The van der Waals surface area contributed by atoms with Crippen LogP contribution in [-0.2, 0) is 0 Å². The molecule has 0 radical (unpaired) electrons. The van der Waals surface area contributed by atoms with Crippen LogP contribution in [-0.4, -0.2) is 39.2 Å². The minimum Gasteiger partial charge on any atom is -0.473 e. The number of ether oxygens (including phenoxy) is 1. The van der Waals surface area contributed by atoms with E-state index in [-0.39, 0.29) is 6.61 Å². The number of hydrogen-bond donors (Lipinski definition) is 2. The van der Waals surface area contributed by atoms with Gasteiger partial charge < -0.3 is 15.2 Å². The molecule has 0 aliphatic heterocycles. The third-order valence-corrected chi connectivity index (χ3v) is 4.26. The molecule has 19 heavy (non-hydrogen) atoms. The van der Waals surface area contributed by atoms with Crippen LogP contribution in [0.15, 0.2) is 6.20 Å². The Morgan fingerprint density at radius 1 is 1.47 bits per heavy atom. The number of hydrogen-bond acceptors (Lipinski definition) is 6. The highest BCUT2D eigenvalue weighted by Gasteiger charge is 2.20. The predicted octanol–water partition coefficient (Wildman–Crippen LogP) is 1.84. The molecule has 1 aromatic rings. The SMILES string of the molecule is C[C@H](NCC(O)COc1cnsn1)C1CCCCC1. The van der Waals surface area contributed by atoms with Crippen molar-refractivity contribution < 1.29 is 9.84 Å². The Kier molecular flexibility index (Phi) is 6.00. The van der Waals surface area contributed by atoms with E-state index in [1.807, 2.05) is 0 Å². The van der Waals surface area contributed by atoms with Gasteiger partial charge in [-0.05, 0) is 25.7 Å². The van der Waals surface area contributed by atoms with E-state index >= 15 is 0 Å². The van der Waals surface area contributed by atoms with Crippen LogP contribution in [0, 0.1) is 5.92 Å². The second-order valence-electron chi connectivity index (χ2n) is 5.31. The van der Waals surface area contributed by atoms with E-state index in [0.717, 1.165) is 17.6 Å². The summed E-state index contributed by atoms with van der Waals surface area (Å²) < 4.78 is 13.1. The van der Waals surface area contributed by atoms with Crippen molar-refractivity contribution in [3.05, 3.63) is 6.20 Å². The van der Waals surface area contributed by atoms with Gasteiger partial charge in [-0.25, -0.2) is 0 Å². The lowest BCUT2D eigenvalue weighted by molar-refractivity contribution is 0.0982. The standard InChI is InChI=1S/C13H23N3O2S/c1-10(11-5-3-2-4-6-11)14-7-12(17)9-18-13-8-15-19-16-13/h8,10-12,14,17H,2-7,9H2,1H3/t10-,12?/m0/s1. The van der Waals surface area contributed by atoms with Crippen molar-refractivity contribution in [2.24, 2.45) is 5.92 Å². The molecule has 0 bridgehead atoms. The summed E-state index contributed by atoms with van der Waals surface area (Å²) in [6.07, 6.45) is 7.75. The molecule has 2 N–H and O–H groups in total. The van der Waals surface area contributed by atoms with Gasteiger partial charge >= 0.3 is 0 Å². The maximum absolute atomic E-state index is 9.86. The molecule has 1 saturated carbocycles. The van der Waals surface area contributed by atoms with Crippen LogP contribution in [0.5, 0.6) is 5.88 Å². The van der Waals surface area contributed by atoms with Gasteiger partial charge in [0.25, 0.3) is 0 Å². The third-order valence-electron chi connectivity index (χ3n) is 3.80. The van der Waals surface area contributed by atoms with Crippen molar-refractivity contribution >= 4 is 11.7 Å². The van der Waals surface area contributed by atoms with Gasteiger partial charge in [-0.15, -0.1) is 4.37 Å². The highest BCUT2D eigenvalue weighted by molar-refractivity contribution is 6.99. The summed E-state index contributed by atoms with van der Waals surface area (Å²) in [7, 11) is 0. The first-order chi connectivity index (χ1) is 9.25. The molecule has 1 aliphatic carbocycles. The number of aromatic nitrogens is 2. The van der Waals surface area contributed by atoms with Crippen molar-refractivity contribution in [2.45, 2.75) is 51.2 Å². The fourth-order valence-electron chi connectivity index (χ4n) is 2.58. The van der Waals surface area contributed by atoms with Gasteiger partial charge in [0, 0.05) is 12.6 Å². The van der Waals surface area contributed by atoms with Crippen LogP contribution in [0.2, 0.25) is 0 Å². The average molecular weight is 285 g/mol. The monoisotopic (exact) mass is 285 g/mol. The molecule has 0 spiro atoms. The Morgan fingerprint density at radius 2 is 2.26 bits per heavy atom. The first-order valence-electron chi connectivity index (χ1n) is 7.07. The summed E-state index contributed by atoms with van der Waals surface area (Å²) in [5.41, 5.74) is 0. The molecule has 1 aliphatic rings. The van der Waals surface area contributed by atoms with E-state index in [2.05, 4.69) is 21.0 Å². The first-order valence-corrected chi connectivity index (χ1v) is 7.80. The van der Waals surface area contributed by atoms with Crippen molar-refractivity contribution in [3.8, 4) is 5.88 Å². The molecule has 0 aromatic carbocycles. The minimum atomic E-state index is -0.507. The van der Waals surface area contributed by atoms with Crippen LogP contribution in [0.1, 0.15) is 39.0 Å². The summed E-state index contributed by atoms with van der Waals surface area (Å²) in [6, 6.07) is 0.468. The van der Waals surface area contributed by atoms with E-state index < -0.39 is 6.10 Å². The number of aliphatic hydroxyl groups excluding tert-OH is 1. The van der Waals surface area contributed by atoms with E-state index in [4.69, 9.17) is 4.74 Å². The molecular weight excluding hydrogens is 262 g/mol. The normalized spacial score (nSPS) is 20.1. The molecule has 0 amide bonds. The second kappa shape index (κ2) is 7.77. The Balaban J connectivity index is 1.60. The van der Waals surface area contributed by atoms with Gasteiger partial charge in [0.05, 0.1) is 11.7 Å². The van der Waals surface area contributed by atoms with E-state index in [0.29, 0.717) is 18.5 Å². The summed E-state index contributed by atoms with van der Waals surface area (Å²) >= 11 is 1.11. The van der Waals surface area contributed by atoms with Crippen molar-refractivity contribution in [1.82, 2.24) is 14.1 Å². The molecule has 5 nitrogen and oxygen atoms in total. The molecule has 6 heteroatoms. The molecular formula is C13H23N3O2S. The molecule has 1 heterocycles. The summed E-state index contributed by atoms with van der Waals surface area (Å²) in [5, 5.41) is 13.3. The largest absolute Gasteiger partial charge is 0.473 e. The van der Waals surface area contributed by atoms with E-state index in [1.54, 1.807) is 6.20 Å². The first kappa shape index (κ1) is 14.7. The second-order valence-corrected chi connectivity index (χ2v) is 5.86. The Bertz CT molecular complexity index is 342. The van der Waals surface area contributed by atoms with Gasteiger partial charge in [0.1, 0.15) is 18.9 Å². The van der Waals surface area contributed by atoms with Gasteiger partial charge in [-0.2, -0.15) is 4.37 Å². The zero-order valence-corrected chi connectivity index (χ0v) is 12.2. The van der Waals surface area contributed by atoms with Crippen LogP contribution in [0.3, 0.4) is 0 Å². The van der Waals surface area contributed by atoms with Crippen molar-refractivity contribution in [1.29, 1.82) is 0 Å². The Hall–Kier alpha value is -0.720. The quantitative estimate of drug-likeness (QED) is 0.800. The summed E-state index contributed by atoms with van der Waals surface area (Å²) in [6.45, 7) is 3.04. The highest BCUT2D eigenvalue weighted by atomic mass is 32.1. The van der Waals surface area contributed by atoms with Crippen LogP contribution in [0.4, 0.5) is 0 Å².